The fraction of sp³-hybridized carbons (Fsp3) is 0.0714. The first-order valence-corrected chi connectivity index (χ1v) is 6.37. The van der Waals surface area contributed by atoms with E-state index < -0.39 is 10.8 Å². The van der Waals surface area contributed by atoms with Crippen LogP contribution in [-0.4, -0.2) is 10.8 Å². The molecule has 3 N–H and O–H groups in total. The van der Waals surface area contributed by atoms with E-state index in [9.17, 15) is 14.9 Å². The lowest BCUT2D eigenvalue weighted by molar-refractivity contribution is -0.384. The van der Waals surface area contributed by atoms with Crippen LogP contribution in [0.3, 0.4) is 0 Å². The molecule has 0 unspecified atom stereocenters. The SMILES string of the molecule is Cc1ccc(NC(=O)c2cc([N+](=O)[O-])ccc2N)cc1Cl. The molecule has 0 aliphatic rings. The topological polar surface area (TPSA) is 98.3 Å². The van der Waals surface area contributed by atoms with Gasteiger partial charge in [0.2, 0.25) is 0 Å². The van der Waals surface area contributed by atoms with Crippen LogP contribution < -0.4 is 11.1 Å². The van der Waals surface area contributed by atoms with Gasteiger partial charge in [0.1, 0.15) is 0 Å². The van der Waals surface area contributed by atoms with E-state index >= 15 is 0 Å². The summed E-state index contributed by atoms with van der Waals surface area (Å²) < 4.78 is 0. The summed E-state index contributed by atoms with van der Waals surface area (Å²) in [5.41, 5.74) is 7.06. The van der Waals surface area contributed by atoms with Gasteiger partial charge >= 0.3 is 0 Å². The van der Waals surface area contributed by atoms with Crippen molar-refractivity contribution in [3.05, 3.63) is 62.7 Å². The third-order valence-corrected chi connectivity index (χ3v) is 3.33. The molecule has 0 saturated carbocycles. The molecule has 21 heavy (non-hydrogen) atoms. The van der Waals surface area contributed by atoms with Gasteiger partial charge in [-0.15, -0.1) is 0 Å². The average Bonchev–Trinajstić information content (AvgIpc) is 2.43. The number of nitrogens with two attached hydrogens (primary N) is 1. The largest absolute Gasteiger partial charge is 0.398 e. The zero-order chi connectivity index (χ0) is 15.6. The molecule has 0 saturated heterocycles. The highest BCUT2D eigenvalue weighted by molar-refractivity contribution is 6.31. The molecule has 0 radical (unpaired) electrons. The summed E-state index contributed by atoms with van der Waals surface area (Å²) in [6, 6.07) is 8.76. The third kappa shape index (κ3) is 3.29. The van der Waals surface area contributed by atoms with E-state index in [1.54, 1.807) is 18.2 Å². The molecule has 1 amide bonds. The summed E-state index contributed by atoms with van der Waals surface area (Å²) in [7, 11) is 0. The van der Waals surface area contributed by atoms with E-state index in [-0.39, 0.29) is 16.9 Å². The number of hydrogen-bond acceptors (Lipinski definition) is 4. The predicted molar refractivity (Wildman–Crippen MR) is 81.7 cm³/mol. The Balaban J connectivity index is 2.29. The van der Waals surface area contributed by atoms with Crippen LogP contribution in [0.25, 0.3) is 0 Å². The van der Waals surface area contributed by atoms with Crippen LogP contribution in [0.5, 0.6) is 0 Å². The van der Waals surface area contributed by atoms with Crippen LogP contribution in [0.15, 0.2) is 36.4 Å². The van der Waals surface area contributed by atoms with Gasteiger partial charge in [-0.3, -0.25) is 14.9 Å². The zero-order valence-corrected chi connectivity index (χ0v) is 11.8. The maximum Gasteiger partial charge on any atom is 0.270 e. The second kappa shape index (κ2) is 5.80. The molecule has 108 valence electrons. The summed E-state index contributed by atoms with van der Waals surface area (Å²) in [5, 5.41) is 13.9. The van der Waals surface area contributed by atoms with Gasteiger partial charge in [-0.2, -0.15) is 0 Å². The van der Waals surface area contributed by atoms with Crippen molar-refractivity contribution in [3.8, 4) is 0 Å². The molecule has 7 heteroatoms. The first-order chi connectivity index (χ1) is 9.88. The Morgan fingerprint density at radius 3 is 2.62 bits per heavy atom. The van der Waals surface area contributed by atoms with E-state index in [2.05, 4.69) is 5.32 Å². The zero-order valence-electron chi connectivity index (χ0n) is 11.1. The fourth-order valence-corrected chi connectivity index (χ4v) is 1.90. The van der Waals surface area contributed by atoms with Crippen LogP contribution in [0.1, 0.15) is 15.9 Å². The summed E-state index contributed by atoms with van der Waals surface area (Å²) in [6.45, 7) is 1.84. The second-order valence-corrected chi connectivity index (χ2v) is 4.85. The molecule has 6 nitrogen and oxygen atoms in total. The maximum atomic E-state index is 12.1. The van der Waals surface area contributed by atoms with Crippen molar-refractivity contribution in [2.75, 3.05) is 11.1 Å². The molecule has 0 heterocycles. The first-order valence-electron chi connectivity index (χ1n) is 6.00. The molecule has 2 rings (SSSR count). The molecular weight excluding hydrogens is 294 g/mol. The number of hydrogen-bond donors (Lipinski definition) is 2. The molecular formula is C14H12ClN3O3. The Kier molecular flexibility index (Phi) is 4.09. The number of benzene rings is 2. The molecule has 2 aromatic carbocycles. The Morgan fingerprint density at radius 2 is 2.00 bits per heavy atom. The van der Waals surface area contributed by atoms with Crippen molar-refractivity contribution in [1.82, 2.24) is 0 Å². The van der Waals surface area contributed by atoms with Gasteiger partial charge in [0.15, 0.2) is 0 Å². The van der Waals surface area contributed by atoms with E-state index in [4.69, 9.17) is 17.3 Å². The minimum atomic E-state index is -0.584. The standard InChI is InChI=1S/C14H12ClN3O3/c1-8-2-3-9(6-12(8)15)17-14(19)11-7-10(18(20)21)4-5-13(11)16/h2-7H,16H2,1H3,(H,17,19). The smallest absolute Gasteiger partial charge is 0.270 e. The van der Waals surface area contributed by atoms with Gasteiger partial charge in [0, 0.05) is 28.5 Å². The van der Waals surface area contributed by atoms with Crippen molar-refractivity contribution < 1.29 is 9.72 Å². The van der Waals surface area contributed by atoms with E-state index in [1.165, 1.54) is 12.1 Å². The first kappa shape index (κ1) is 14.8. The molecule has 0 aliphatic carbocycles. The number of nitro groups is 1. The van der Waals surface area contributed by atoms with Gasteiger partial charge in [-0.05, 0) is 30.7 Å². The molecule has 0 bridgehead atoms. The molecule has 0 aromatic heterocycles. The Morgan fingerprint density at radius 1 is 1.29 bits per heavy atom. The van der Waals surface area contributed by atoms with Gasteiger partial charge in [-0.25, -0.2) is 0 Å². The number of anilines is 2. The van der Waals surface area contributed by atoms with Crippen LogP contribution in [0.4, 0.5) is 17.1 Å². The second-order valence-electron chi connectivity index (χ2n) is 4.45. The Labute approximate surface area is 125 Å². The highest BCUT2D eigenvalue weighted by atomic mass is 35.5. The third-order valence-electron chi connectivity index (χ3n) is 2.92. The van der Waals surface area contributed by atoms with Crippen LogP contribution in [-0.2, 0) is 0 Å². The van der Waals surface area contributed by atoms with E-state index in [0.29, 0.717) is 10.7 Å². The number of amides is 1. The van der Waals surface area contributed by atoms with Crippen molar-refractivity contribution in [1.29, 1.82) is 0 Å². The number of nitrogen functional groups attached to an aromatic ring is 1. The quantitative estimate of drug-likeness (QED) is 0.516. The monoisotopic (exact) mass is 305 g/mol. The normalized spacial score (nSPS) is 10.2. The van der Waals surface area contributed by atoms with Crippen molar-refractivity contribution >= 4 is 34.6 Å². The number of carbonyl (C=O) groups excluding carboxylic acids is 1. The van der Waals surface area contributed by atoms with Crippen LogP contribution in [0.2, 0.25) is 5.02 Å². The van der Waals surface area contributed by atoms with Crippen molar-refractivity contribution in [2.24, 2.45) is 0 Å². The van der Waals surface area contributed by atoms with Gasteiger partial charge in [0.25, 0.3) is 11.6 Å². The summed E-state index contributed by atoms with van der Waals surface area (Å²) in [6.07, 6.45) is 0. The van der Waals surface area contributed by atoms with E-state index in [0.717, 1.165) is 11.6 Å². The minimum Gasteiger partial charge on any atom is -0.398 e. The number of halogens is 1. The average molecular weight is 306 g/mol. The lowest BCUT2D eigenvalue weighted by atomic mass is 10.1. The number of non-ortho nitro benzene ring substituents is 1. The number of nitrogens with one attached hydrogen (secondary N) is 1. The Bertz CT molecular complexity index is 731. The highest BCUT2D eigenvalue weighted by Crippen LogP contribution is 2.23. The molecule has 0 atom stereocenters. The van der Waals surface area contributed by atoms with Crippen LogP contribution in [0, 0.1) is 17.0 Å². The summed E-state index contributed by atoms with van der Waals surface area (Å²) in [4.78, 5) is 22.3. The fourth-order valence-electron chi connectivity index (χ4n) is 1.72. The summed E-state index contributed by atoms with van der Waals surface area (Å²) >= 11 is 5.98. The maximum absolute atomic E-state index is 12.1. The lowest BCUT2D eigenvalue weighted by Gasteiger charge is -2.08. The lowest BCUT2D eigenvalue weighted by Crippen LogP contribution is -2.14. The highest BCUT2D eigenvalue weighted by Gasteiger charge is 2.15. The molecule has 2 aromatic rings. The summed E-state index contributed by atoms with van der Waals surface area (Å²) in [5.74, 6) is -0.531. The number of nitrogens with zero attached hydrogens (tertiary/aromatic N) is 1. The predicted octanol–water partition coefficient (Wildman–Crippen LogP) is 3.39. The molecule has 0 spiro atoms. The van der Waals surface area contributed by atoms with E-state index in [1.807, 2.05) is 6.92 Å². The van der Waals surface area contributed by atoms with Gasteiger partial charge < -0.3 is 11.1 Å². The van der Waals surface area contributed by atoms with Gasteiger partial charge in [0.05, 0.1) is 10.5 Å². The van der Waals surface area contributed by atoms with Gasteiger partial charge in [-0.1, -0.05) is 17.7 Å². The molecule has 0 aliphatic heterocycles. The van der Waals surface area contributed by atoms with Crippen molar-refractivity contribution in [2.45, 2.75) is 6.92 Å². The number of carbonyl (C=O) groups is 1. The Hall–Kier alpha value is -2.60. The van der Waals surface area contributed by atoms with Crippen LogP contribution >= 0.6 is 11.6 Å². The minimum absolute atomic E-state index is 0.0425. The van der Waals surface area contributed by atoms with Crippen molar-refractivity contribution in [3.63, 3.8) is 0 Å². The number of rotatable bonds is 3. The number of aryl methyl sites for hydroxylation is 1. The molecule has 0 fully saturated rings. The number of nitro benzene ring substituents is 1.